The minimum absolute atomic E-state index is 0.173. The fraction of sp³-hybridized carbons (Fsp3) is 0.688. The van der Waals surface area contributed by atoms with Gasteiger partial charge in [0.2, 0.25) is 5.91 Å². The van der Waals surface area contributed by atoms with Crippen molar-refractivity contribution in [3.8, 4) is 0 Å². The number of aliphatic hydroxyl groups excluding tert-OH is 1. The Hall–Kier alpha value is -1.73. The second-order valence-corrected chi connectivity index (χ2v) is 5.54. The highest BCUT2D eigenvalue weighted by atomic mass is 16.5. The van der Waals surface area contributed by atoms with Crippen LogP contribution < -0.4 is 5.32 Å². The van der Waals surface area contributed by atoms with E-state index >= 15 is 0 Å². The van der Waals surface area contributed by atoms with Crippen LogP contribution in [0.15, 0.2) is 12.2 Å². The van der Waals surface area contributed by atoms with Crippen LogP contribution in [0.2, 0.25) is 0 Å². The Morgan fingerprint density at radius 1 is 1.30 bits per heavy atom. The molecule has 1 aliphatic rings. The molecule has 0 aromatic rings. The summed E-state index contributed by atoms with van der Waals surface area (Å²) >= 11 is 0. The average Bonchev–Trinajstić information content (AvgIpc) is 2.83. The summed E-state index contributed by atoms with van der Waals surface area (Å²) in [7, 11) is 0. The first-order chi connectivity index (χ1) is 11.1. The van der Waals surface area contributed by atoms with Crippen LogP contribution in [0, 0.1) is 5.92 Å². The molecule has 130 valence electrons. The molecule has 1 aliphatic heterocycles. The number of amides is 3. The number of carbonyl (C=O) groups is 3. The molecule has 2 N–H and O–H groups in total. The van der Waals surface area contributed by atoms with Gasteiger partial charge in [-0.15, -0.1) is 0 Å². The Balaban J connectivity index is 2.07. The van der Waals surface area contributed by atoms with E-state index in [9.17, 15) is 14.4 Å². The molecule has 7 heteroatoms. The summed E-state index contributed by atoms with van der Waals surface area (Å²) in [6, 6.07) is 0. The fourth-order valence-corrected chi connectivity index (χ4v) is 2.34. The van der Waals surface area contributed by atoms with Gasteiger partial charge in [0.15, 0.2) is 0 Å². The molecule has 0 saturated carbocycles. The molecule has 0 aliphatic carbocycles. The summed E-state index contributed by atoms with van der Waals surface area (Å²) in [5.74, 6) is -0.905. The first-order valence-corrected chi connectivity index (χ1v) is 8.07. The molecule has 23 heavy (non-hydrogen) atoms. The largest absolute Gasteiger partial charge is 0.396 e. The Labute approximate surface area is 136 Å². The number of nitrogens with zero attached hydrogens (tertiary/aromatic N) is 1. The maximum Gasteiger partial charge on any atom is 0.254 e. The number of ether oxygens (including phenoxy) is 1. The van der Waals surface area contributed by atoms with E-state index in [0.29, 0.717) is 32.1 Å². The van der Waals surface area contributed by atoms with Gasteiger partial charge in [-0.25, -0.2) is 0 Å². The van der Waals surface area contributed by atoms with Crippen LogP contribution in [0.5, 0.6) is 0 Å². The molecule has 1 unspecified atom stereocenters. The zero-order chi connectivity index (χ0) is 17.1. The van der Waals surface area contributed by atoms with Crippen molar-refractivity contribution in [3.63, 3.8) is 0 Å². The Bertz CT molecular complexity index is 412. The molecule has 3 amide bonds. The zero-order valence-electron chi connectivity index (χ0n) is 13.6. The van der Waals surface area contributed by atoms with Gasteiger partial charge in [-0.1, -0.05) is 13.3 Å². The van der Waals surface area contributed by atoms with Gasteiger partial charge in [0, 0.05) is 38.5 Å². The third kappa shape index (κ3) is 7.38. The molecule has 0 radical (unpaired) electrons. The van der Waals surface area contributed by atoms with E-state index in [1.165, 1.54) is 0 Å². The predicted octanol–water partition coefficient (Wildman–Crippen LogP) is 0.233. The van der Waals surface area contributed by atoms with Crippen molar-refractivity contribution >= 4 is 17.7 Å². The number of hydrogen-bond donors (Lipinski definition) is 2. The summed E-state index contributed by atoms with van der Waals surface area (Å²) in [4.78, 5) is 35.2. The highest BCUT2D eigenvalue weighted by Gasteiger charge is 2.25. The highest BCUT2D eigenvalue weighted by Crippen LogP contribution is 2.11. The van der Waals surface area contributed by atoms with E-state index < -0.39 is 11.8 Å². The van der Waals surface area contributed by atoms with Gasteiger partial charge >= 0.3 is 0 Å². The quantitative estimate of drug-likeness (QED) is 0.395. The molecule has 1 rings (SSSR count). The van der Waals surface area contributed by atoms with Gasteiger partial charge in [0.05, 0.1) is 0 Å². The molecule has 0 aromatic carbocycles. The second kappa shape index (κ2) is 10.9. The Kier molecular flexibility index (Phi) is 9.16. The van der Waals surface area contributed by atoms with Crippen molar-refractivity contribution in [1.82, 2.24) is 10.2 Å². The molecule has 0 aromatic heterocycles. The number of hydrogen-bond acceptors (Lipinski definition) is 5. The third-order valence-corrected chi connectivity index (χ3v) is 3.58. The highest BCUT2D eigenvalue weighted by molar-refractivity contribution is 6.14. The van der Waals surface area contributed by atoms with Crippen LogP contribution >= 0.6 is 0 Å². The molecule has 0 fully saturated rings. The fourth-order valence-electron chi connectivity index (χ4n) is 2.34. The topological polar surface area (TPSA) is 95.9 Å². The van der Waals surface area contributed by atoms with Crippen molar-refractivity contribution in [3.05, 3.63) is 12.2 Å². The van der Waals surface area contributed by atoms with Crippen LogP contribution in [0.1, 0.15) is 32.6 Å². The van der Waals surface area contributed by atoms with Crippen molar-refractivity contribution in [2.75, 3.05) is 32.9 Å². The smallest absolute Gasteiger partial charge is 0.254 e. The van der Waals surface area contributed by atoms with E-state index in [1.807, 2.05) is 0 Å². The number of carbonyl (C=O) groups excluding carboxylic acids is 3. The van der Waals surface area contributed by atoms with Crippen molar-refractivity contribution in [2.45, 2.75) is 32.6 Å². The normalized spacial score (nSPS) is 15.3. The first kappa shape index (κ1) is 19.3. The lowest BCUT2D eigenvalue weighted by Gasteiger charge is -2.15. The summed E-state index contributed by atoms with van der Waals surface area (Å²) in [6.45, 7) is 3.60. The predicted molar refractivity (Wildman–Crippen MR) is 84.4 cm³/mol. The van der Waals surface area contributed by atoms with Crippen molar-refractivity contribution in [1.29, 1.82) is 0 Å². The molecule has 0 saturated heterocycles. The van der Waals surface area contributed by atoms with E-state index in [2.05, 4.69) is 12.2 Å². The number of nitrogens with one attached hydrogen (secondary N) is 1. The second-order valence-electron chi connectivity index (χ2n) is 5.54. The molecular weight excluding hydrogens is 300 g/mol. The van der Waals surface area contributed by atoms with Crippen molar-refractivity contribution < 1.29 is 24.2 Å². The van der Waals surface area contributed by atoms with Gasteiger partial charge in [0.25, 0.3) is 11.8 Å². The summed E-state index contributed by atoms with van der Waals surface area (Å²) in [5.41, 5.74) is 0. The van der Waals surface area contributed by atoms with Crippen LogP contribution in [0.3, 0.4) is 0 Å². The molecular formula is C16H26N2O5. The van der Waals surface area contributed by atoms with E-state index in [1.54, 1.807) is 0 Å². The average molecular weight is 326 g/mol. The van der Waals surface area contributed by atoms with E-state index in [-0.39, 0.29) is 19.1 Å². The van der Waals surface area contributed by atoms with Crippen LogP contribution in [0.25, 0.3) is 0 Å². The molecule has 7 nitrogen and oxygen atoms in total. The Morgan fingerprint density at radius 3 is 2.61 bits per heavy atom. The maximum atomic E-state index is 11.6. The third-order valence-electron chi connectivity index (χ3n) is 3.58. The molecule has 1 atom stereocenters. The van der Waals surface area contributed by atoms with E-state index in [4.69, 9.17) is 9.84 Å². The lowest BCUT2D eigenvalue weighted by Crippen LogP contribution is -2.40. The minimum atomic E-state index is -0.459. The summed E-state index contributed by atoms with van der Waals surface area (Å²) < 4.78 is 5.56. The van der Waals surface area contributed by atoms with Gasteiger partial charge in [-0.05, 0) is 25.2 Å². The van der Waals surface area contributed by atoms with Crippen LogP contribution in [-0.4, -0.2) is 60.6 Å². The standard InChI is InChI=1S/C16H26N2O5/c1-2-4-13(7-9-19)12-23-10-3-8-17-14(20)11-18-15(21)5-6-16(18)22/h5-6,13,19H,2-4,7-12H2,1H3,(H,17,20). The SMILES string of the molecule is CCCC(CCO)COCCCNC(=O)CN1C(=O)C=CC1=O. The first-order valence-electron chi connectivity index (χ1n) is 8.07. The molecule has 0 bridgehead atoms. The van der Waals surface area contributed by atoms with Gasteiger partial charge in [-0.2, -0.15) is 0 Å². The number of imide groups is 1. The number of aliphatic hydroxyl groups is 1. The summed E-state index contributed by atoms with van der Waals surface area (Å²) in [6.07, 6.45) is 5.81. The van der Waals surface area contributed by atoms with Gasteiger partial charge < -0.3 is 15.2 Å². The minimum Gasteiger partial charge on any atom is -0.396 e. The lowest BCUT2D eigenvalue weighted by atomic mass is 10.0. The van der Waals surface area contributed by atoms with Crippen molar-refractivity contribution in [2.24, 2.45) is 5.92 Å². The molecule has 1 heterocycles. The summed E-state index contributed by atoms with van der Waals surface area (Å²) in [5, 5.41) is 11.6. The number of rotatable bonds is 12. The van der Waals surface area contributed by atoms with E-state index in [0.717, 1.165) is 36.3 Å². The maximum absolute atomic E-state index is 11.6. The van der Waals surface area contributed by atoms with Crippen LogP contribution in [0.4, 0.5) is 0 Å². The van der Waals surface area contributed by atoms with Crippen LogP contribution in [-0.2, 0) is 19.1 Å². The monoisotopic (exact) mass is 326 g/mol. The molecule has 0 spiro atoms. The van der Waals surface area contributed by atoms with Gasteiger partial charge in [0.1, 0.15) is 6.54 Å². The zero-order valence-corrected chi connectivity index (χ0v) is 13.6. The van der Waals surface area contributed by atoms with Gasteiger partial charge in [-0.3, -0.25) is 19.3 Å². The lowest BCUT2D eigenvalue weighted by molar-refractivity contribution is -0.141. The Morgan fingerprint density at radius 2 is 2.00 bits per heavy atom.